The van der Waals surface area contributed by atoms with Crippen LogP contribution in [-0.4, -0.2) is 70.3 Å². The van der Waals surface area contributed by atoms with Gasteiger partial charge in [0.25, 0.3) is 0 Å². The van der Waals surface area contributed by atoms with Crippen molar-refractivity contribution < 1.29 is 32.5 Å². The number of primary sulfonamides is 1. The number of hydrogen-bond acceptors (Lipinski definition) is 8. The highest BCUT2D eigenvalue weighted by molar-refractivity contribution is 7.89. The molecule has 2 atom stereocenters. The van der Waals surface area contributed by atoms with Crippen LogP contribution in [0, 0.1) is 0 Å². The fraction of sp³-hybridized carbons (Fsp3) is 0.611. The Morgan fingerprint density at radius 3 is 2.86 bits per heavy atom. The summed E-state index contributed by atoms with van der Waals surface area (Å²) in [5, 5.41) is 21.1. The van der Waals surface area contributed by atoms with Crippen LogP contribution in [-0.2, 0) is 19.5 Å². The van der Waals surface area contributed by atoms with Crippen molar-refractivity contribution in [3.63, 3.8) is 0 Å². The predicted octanol–water partition coefficient (Wildman–Crippen LogP) is -0.289. The first-order valence-corrected chi connectivity index (χ1v) is 11.0. The van der Waals surface area contributed by atoms with E-state index in [1.54, 1.807) is 0 Å². The molecule has 2 aliphatic heterocycles. The SMILES string of the molecule is NS(=O)(=O)c1cccc(OCC(O)COC(=O)N[C@H]2COC3(CCNCC3)C2)c1. The van der Waals surface area contributed by atoms with E-state index in [0.717, 1.165) is 32.4 Å². The van der Waals surface area contributed by atoms with Gasteiger partial charge < -0.3 is 30.0 Å². The maximum atomic E-state index is 12.0. The van der Waals surface area contributed by atoms with Gasteiger partial charge in [-0.1, -0.05) is 6.07 Å². The molecule has 1 aromatic carbocycles. The minimum absolute atomic E-state index is 0.0922. The summed E-state index contributed by atoms with van der Waals surface area (Å²) in [5.74, 6) is 0.232. The van der Waals surface area contributed by atoms with Crippen LogP contribution < -0.4 is 20.5 Å². The van der Waals surface area contributed by atoms with Crippen molar-refractivity contribution in [3.05, 3.63) is 24.3 Å². The molecule has 1 spiro atoms. The molecule has 1 amide bonds. The molecule has 162 valence electrons. The highest BCUT2D eigenvalue weighted by atomic mass is 32.2. The molecule has 10 nitrogen and oxygen atoms in total. The molecule has 1 aromatic rings. The number of aliphatic hydroxyl groups is 1. The summed E-state index contributed by atoms with van der Waals surface area (Å²) in [6.07, 6.45) is 0.885. The highest BCUT2D eigenvalue weighted by Crippen LogP contribution is 2.33. The second kappa shape index (κ2) is 9.26. The Kier molecular flexibility index (Phi) is 6.96. The molecule has 29 heavy (non-hydrogen) atoms. The standard InChI is InChI=1S/C18H27N3O7S/c19-29(24,25)16-3-1-2-15(8-16)26-11-14(22)12-27-17(23)21-13-9-18(28-10-13)4-6-20-7-5-18/h1-3,8,13-14,20,22H,4-7,9-12H2,(H,21,23)(H2,19,24,25)/t13-,14?/m1/s1. The van der Waals surface area contributed by atoms with Crippen molar-refractivity contribution in [2.75, 3.05) is 32.9 Å². The molecule has 0 radical (unpaired) electrons. The maximum Gasteiger partial charge on any atom is 0.407 e. The smallest absolute Gasteiger partial charge is 0.407 e. The van der Waals surface area contributed by atoms with Gasteiger partial charge in [0.05, 0.1) is 23.1 Å². The lowest BCUT2D eigenvalue weighted by molar-refractivity contribution is -0.0194. The van der Waals surface area contributed by atoms with Crippen LogP contribution in [0.25, 0.3) is 0 Å². The number of nitrogens with two attached hydrogens (primary N) is 1. The van der Waals surface area contributed by atoms with Crippen molar-refractivity contribution in [1.29, 1.82) is 0 Å². The van der Waals surface area contributed by atoms with Crippen LogP contribution in [0.3, 0.4) is 0 Å². The Labute approximate surface area is 169 Å². The molecule has 0 aliphatic carbocycles. The average molecular weight is 429 g/mol. The Morgan fingerprint density at radius 1 is 1.38 bits per heavy atom. The van der Waals surface area contributed by atoms with Crippen LogP contribution >= 0.6 is 0 Å². The largest absolute Gasteiger partial charge is 0.491 e. The molecular weight excluding hydrogens is 402 g/mol. The van der Waals surface area contributed by atoms with Crippen LogP contribution in [0.1, 0.15) is 19.3 Å². The molecule has 5 N–H and O–H groups in total. The molecule has 0 bridgehead atoms. The first kappa shape index (κ1) is 21.8. The van der Waals surface area contributed by atoms with Gasteiger partial charge >= 0.3 is 6.09 Å². The molecule has 2 heterocycles. The number of carbonyl (C=O) groups is 1. The van der Waals surface area contributed by atoms with Gasteiger partial charge in [0, 0.05) is 6.07 Å². The van der Waals surface area contributed by atoms with Crippen LogP contribution in [0.15, 0.2) is 29.2 Å². The number of ether oxygens (including phenoxy) is 3. The lowest BCUT2D eigenvalue weighted by atomic mass is 9.88. The zero-order valence-electron chi connectivity index (χ0n) is 16.0. The molecule has 3 rings (SSSR count). The monoisotopic (exact) mass is 429 g/mol. The fourth-order valence-corrected chi connectivity index (χ4v) is 4.08. The summed E-state index contributed by atoms with van der Waals surface area (Å²) < 4.78 is 39.0. The number of benzene rings is 1. The molecule has 11 heteroatoms. The van der Waals surface area contributed by atoms with Gasteiger partial charge in [-0.25, -0.2) is 18.4 Å². The molecule has 2 aliphatic rings. The zero-order chi connectivity index (χ0) is 20.9. The Morgan fingerprint density at radius 2 is 2.14 bits per heavy atom. The van der Waals surface area contributed by atoms with E-state index in [2.05, 4.69) is 10.6 Å². The molecular formula is C18H27N3O7S. The Bertz CT molecular complexity index is 811. The lowest BCUT2D eigenvalue weighted by Gasteiger charge is -2.32. The van der Waals surface area contributed by atoms with Crippen LogP contribution in [0.4, 0.5) is 4.79 Å². The van der Waals surface area contributed by atoms with Crippen molar-refractivity contribution in [1.82, 2.24) is 10.6 Å². The summed E-state index contributed by atoms with van der Waals surface area (Å²) in [7, 11) is -3.84. The molecule has 0 aromatic heterocycles. The number of amides is 1. The third kappa shape index (κ3) is 6.28. The summed E-state index contributed by atoms with van der Waals surface area (Å²) >= 11 is 0. The predicted molar refractivity (Wildman–Crippen MR) is 103 cm³/mol. The number of carbonyl (C=O) groups excluding carboxylic acids is 1. The number of rotatable bonds is 7. The van der Waals surface area contributed by atoms with Crippen molar-refractivity contribution in [2.45, 2.75) is 41.9 Å². The van der Waals surface area contributed by atoms with Gasteiger partial charge in [0.2, 0.25) is 10.0 Å². The van der Waals surface area contributed by atoms with Gasteiger partial charge in [0.15, 0.2) is 0 Å². The van der Waals surface area contributed by atoms with E-state index in [1.165, 1.54) is 24.3 Å². The van der Waals surface area contributed by atoms with E-state index >= 15 is 0 Å². The molecule has 2 saturated heterocycles. The van der Waals surface area contributed by atoms with E-state index in [-0.39, 0.29) is 35.5 Å². The maximum absolute atomic E-state index is 12.0. The molecule has 0 saturated carbocycles. The second-order valence-electron chi connectivity index (χ2n) is 7.37. The first-order chi connectivity index (χ1) is 13.8. The molecule has 2 fully saturated rings. The normalized spacial score (nSPS) is 22.2. The number of aliphatic hydroxyl groups excluding tert-OH is 1. The van der Waals surface area contributed by atoms with Gasteiger partial charge in [0.1, 0.15) is 25.1 Å². The summed E-state index contributed by atoms with van der Waals surface area (Å²) in [6, 6.07) is 5.49. The van der Waals surface area contributed by atoms with Gasteiger partial charge in [-0.3, -0.25) is 0 Å². The topological polar surface area (TPSA) is 149 Å². The van der Waals surface area contributed by atoms with Gasteiger partial charge in [-0.15, -0.1) is 0 Å². The number of nitrogens with one attached hydrogen (secondary N) is 2. The van der Waals surface area contributed by atoms with E-state index in [4.69, 9.17) is 19.3 Å². The highest BCUT2D eigenvalue weighted by Gasteiger charge is 2.41. The summed E-state index contributed by atoms with van der Waals surface area (Å²) in [6.45, 7) is 1.82. The minimum Gasteiger partial charge on any atom is -0.491 e. The summed E-state index contributed by atoms with van der Waals surface area (Å²) in [4.78, 5) is 11.9. The van der Waals surface area contributed by atoms with Crippen molar-refractivity contribution in [3.8, 4) is 5.75 Å². The third-order valence-corrected chi connectivity index (χ3v) is 5.94. The Balaban J connectivity index is 1.37. The third-order valence-electron chi connectivity index (χ3n) is 5.03. The second-order valence-corrected chi connectivity index (χ2v) is 8.93. The lowest BCUT2D eigenvalue weighted by Crippen LogP contribution is -2.43. The van der Waals surface area contributed by atoms with E-state index in [9.17, 15) is 18.3 Å². The van der Waals surface area contributed by atoms with E-state index < -0.39 is 22.2 Å². The fourth-order valence-electron chi connectivity index (χ4n) is 3.53. The average Bonchev–Trinajstić information content (AvgIpc) is 3.06. The number of alkyl carbamates (subject to hydrolysis) is 1. The van der Waals surface area contributed by atoms with Crippen molar-refractivity contribution >= 4 is 16.1 Å². The van der Waals surface area contributed by atoms with Crippen LogP contribution in [0.5, 0.6) is 5.75 Å². The minimum atomic E-state index is -3.84. The number of piperidine rings is 1. The quantitative estimate of drug-likeness (QED) is 0.462. The number of hydrogen-bond donors (Lipinski definition) is 4. The number of sulfonamides is 1. The van der Waals surface area contributed by atoms with Crippen LogP contribution in [0.2, 0.25) is 0 Å². The zero-order valence-corrected chi connectivity index (χ0v) is 16.8. The van der Waals surface area contributed by atoms with Gasteiger partial charge in [-0.05, 0) is 44.5 Å². The van der Waals surface area contributed by atoms with E-state index in [0.29, 0.717) is 6.61 Å². The van der Waals surface area contributed by atoms with Crippen molar-refractivity contribution in [2.24, 2.45) is 5.14 Å². The van der Waals surface area contributed by atoms with Gasteiger partial charge in [-0.2, -0.15) is 0 Å². The van der Waals surface area contributed by atoms with E-state index in [1.807, 2.05) is 0 Å². The first-order valence-electron chi connectivity index (χ1n) is 9.47. The Hall–Kier alpha value is -1.92. The molecule has 1 unspecified atom stereocenters. The summed E-state index contributed by atoms with van der Waals surface area (Å²) in [5.41, 5.74) is -0.165.